The smallest absolute Gasteiger partial charge is 0.0920 e. The van der Waals surface area contributed by atoms with Crippen LogP contribution in [-0.2, 0) is 0 Å². The lowest BCUT2D eigenvalue weighted by atomic mass is 11.3. The first-order valence-electron chi connectivity index (χ1n) is 1.50. The Morgan fingerprint density at radius 1 is 1.12 bits per heavy atom. The van der Waals surface area contributed by atoms with Gasteiger partial charge < -0.3 is 0 Å². The molecule has 8 heavy (non-hydrogen) atoms. The number of rotatable bonds is 0. The molecule has 0 bridgehead atoms. The second-order valence-corrected chi connectivity index (χ2v) is 2.20. The van der Waals surface area contributed by atoms with Crippen LogP contribution in [0.1, 0.15) is 0 Å². The first kappa shape index (κ1) is 11.4. The summed E-state index contributed by atoms with van der Waals surface area (Å²) in [5.74, 6) is 0. The summed E-state index contributed by atoms with van der Waals surface area (Å²) < 4.78 is 0.111. The molecular weight excluding hydrogens is 190 g/mol. The number of halogens is 4. The summed E-state index contributed by atoms with van der Waals surface area (Å²) in [6.07, 6.45) is 0. The zero-order valence-corrected chi connectivity index (χ0v) is 6.90. The summed E-state index contributed by atoms with van der Waals surface area (Å²) in [6.45, 7) is 3.09. The van der Waals surface area contributed by atoms with Crippen molar-refractivity contribution in [1.82, 2.24) is 0 Å². The van der Waals surface area contributed by atoms with Crippen molar-refractivity contribution in [2.45, 2.75) is 0 Å². The number of hydrogen-bond donors (Lipinski definition) is 0. The fourth-order valence-electron chi connectivity index (χ4n) is 0. The molecule has 0 rings (SSSR count). The van der Waals surface area contributed by atoms with Gasteiger partial charge in [0.25, 0.3) is 0 Å². The van der Waals surface area contributed by atoms with Crippen LogP contribution < -0.4 is 0 Å². The minimum atomic E-state index is 0.111. The molecule has 0 radical (unpaired) electrons. The zero-order chi connectivity index (χ0) is 6.99. The molecule has 0 unspecified atom stereocenters. The second-order valence-electron chi connectivity index (χ2n) is 0.591. The van der Waals surface area contributed by atoms with Gasteiger partial charge in [-0.2, -0.15) is 0 Å². The van der Waals surface area contributed by atoms with E-state index in [9.17, 15) is 0 Å². The lowest BCUT2D eigenvalue weighted by Crippen LogP contribution is -1.24. The maximum absolute atomic E-state index is 4.87. The summed E-state index contributed by atoms with van der Waals surface area (Å²) in [6, 6.07) is 0. The van der Waals surface area contributed by atoms with Crippen LogP contribution in [0.15, 0.2) is 22.1 Å². The molecule has 0 spiro atoms. The van der Waals surface area contributed by atoms with Crippen molar-refractivity contribution in [3.8, 4) is 0 Å². The van der Waals surface area contributed by atoms with Gasteiger partial charge in [-0.15, -0.1) is 0 Å². The molecule has 0 aromatic rings. The van der Waals surface area contributed by atoms with Gasteiger partial charge in [0.1, 0.15) is 0 Å². The van der Waals surface area contributed by atoms with Crippen LogP contribution in [0.5, 0.6) is 0 Å². The molecule has 0 aromatic carbocycles. The van der Waals surface area contributed by atoms with E-state index in [2.05, 4.69) is 6.58 Å². The minimum Gasteiger partial charge on any atom is -0.0920 e. The molecule has 0 aliphatic carbocycles. The Kier molecular flexibility index (Phi) is 15.1. The fourth-order valence-corrected chi connectivity index (χ4v) is 0. The SMILES string of the molecule is C=C(Cl)Cl.Cl/C=C/Cl. The minimum absolute atomic E-state index is 0.111. The van der Waals surface area contributed by atoms with Gasteiger partial charge in [0, 0.05) is 11.1 Å². The average molecular weight is 194 g/mol. The van der Waals surface area contributed by atoms with E-state index in [1.807, 2.05) is 0 Å². The van der Waals surface area contributed by atoms with Gasteiger partial charge in [-0.25, -0.2) is 0 Å². The zero-order valence-electron chi connectivity index (χ0n) is 3.87. The van der Waals surface area contributed by atoms with Gasteiger partial charge in [0.05, 0.1) is 4.49 Å². The van der Waals surface area contributed by atoms with Crippen LogP contribution in [0, 0.1) is 0 Å². The molecule has 0 nitrogen and oxygen atoms in total. The highest BCUT2D eigenvalue weighted by Crippen LogP contribution is 1.98. The Morgan fingerprint density at radius 3 is 1.25 bits per heavy atom. The van der Waals surface area contributed by atoms with Gasteiger partial charge >= 0.3 is 0 Å². The van der Waals surface area contributed by atoms with Crippen molar-refractivity contribution in [3.05, 3.63) is 22.1 Å². The van der Waals surface area contributed by atoms with Crippen molar-refractivity contribution in [1.29, 1.82) is 0 Å². The Hall–Kier alpha value is 0.640. The second kappa shape index (κ2) is 10.6. The van der Waals surface area contributed by atoms with Gasteiger partial charge in [-0.05, 0) is 0 Å². The van der Waals surface area contributed by atoms with Crippen molar-refractivity contribution in [2.75, 3.05) is 0 Å². The van der Waals surface area contributed by atoms with Gasteiger partial charge in [-0.3, -0.25) is 0 Å². The predicted molar refractivity (Wildman–Crippen MR) is 41.7 cm³/mol. The third-order valence-corrected chi connectivity index (χ3v) is 0.429. The van der Waals surface area contributed by atoms with Gasteiger partial charge in [0.15, 0.2) is 0 Å². The topological polar surface area (TPSA) is 0 Å². The highest BCUT2D eigenvalue weighted by Gasteiger charge is 1.60. The first-order valence-corrected chi connectivity index (χ1v) is 3.13. The van der Waals surface area contributed by atoms with Crippen LogP contribution >= 0.6 is 46.4 Å². The van der Waals surface area contributed by atoms with Gasteiger partial charge in [0.2, 0.25) is 0 Å². The Labute approximate surface area is 68.7 Å². The van der Waals surface area contributed by atoms with Crippen LogP contribution in [-0.4, -0.2) is 0 Å². The molecule has 48 valence electrons. The molecule has 0 aliphatic heterocycles. The normalized spacial score (nSPS) is 8.00. The summed E-state index contributed by atoms with van der Waals surface area (Å²) in [4.78, 5) is 0. The van der Waals surface area contributed by atoms with E-state index in [0.29, 0.717) is 0 Å². The average Bonchev–Trinajstić information content (AvgIpc) is 1.65. The molecule has 0 fully saturated rings. The first-order chi connectivity index (χ1) is 3.65. The Morgan fingerprint density at radius 2 is 1.25 bits per heavy atom. The molecule has 0 saturated carbocycles. The van der Waals surface area contributed by atoms with Crippen molar-refractivity contribution < 1.29 is 0 Å². The molecule has 0 aromatic heterocycles. The van der Waals surface area contributed by atoms with E-state index in [4.69, 9.17) is 46.4 Å². The Bertz CT molecular complexity index is 68.1. The van der Waals surface area contributed by atoms with E-state index in [-0.39, 0.29) is 4.49 Å². The van der Waals surface area contributed by atoms with Crippen LogP contribution in [0.25, 0.3) is 0 Å². The van der Waals surface area contributed by atoms with E-state index < -0.39 is 0 Å². The number of hydrogen-bond acceptors (Lipinski definition) is 0. The molecule has 0 amide bonds. The van der Waals surface area contributed by atoms with Crippen LogP contribution in [0.4, 0.5) is 0 Å². The molecule has 0 saturated heterocycles. The van der Waals surface area contributed by atoms with Crippen LogP contribution in [0.3, 0.4) is 0 Å². The van der Waals surface area contributed by atoms with E-state index in [1.54, 1.807) is 0 Å². The molecular formula is C4H4Cl4. The van der Waals surface area contributed by atoms with Crippen molar-refractivity contribution >= 4 is 46.4 Å². The predicted octanol–water partition coefficient (Wildman–Crippen LogP) is 3.87. The highest BCUT2D eigenvalue weighted by molar-refractivity contribution is 6.55. The lowest BCUT2D eigenvalue weighted by Gasteiger charge is -1.57. The monoisotopic (exact) mass is 192 g/mol. The fraction of sp³-hybridized carbons (Fsp3) is 0. The molecule has 0 heterocycles. The summed E-state index contributed by atoms with van der Waals surface area (Å²) >= 11 is 19.4. The maximum atomic E-state index is 4.87. The molecule has 0 atom stereocenters. The third-order valence-electron chi connectivity index (χ3n) is 0.0476. The summed E-state index contributed by atoms with van der Waals surface area (Å²) in [7, 11) is 0. The maximum Gasteiger partial charge on any atom is 0.0992 e. The summed E-state index contributed by atoms with van der Waals surface area (Å²) in [5.41, 5.74) is 2.48. The van der Waals surface area contributed by atoms with Crippen molar-refractivity contribution in [3.63, 3.8) is 0 Å². The lowest BCUT2D eigenvalue weighted by molar-refractivity contribution is 2.45. The van der Waals surface area contributed by atoms with E-state index in [1.165, 1.54) is 11.1 Å². The summed E-state index contributed by atoms with van der Waals surface area (Å²) in [5, 5.41) is 0. The standard InChI is InChI=1S/2C2H2Cl2/c1-2(3)4;3-1-2-4/h1H2;1-2H/b;2-1+. The Balaban J connectivity index is 0. The van der Waals surface area contributed by atoms with E-state index >= 15 is 0 Å². The third kappa shape index (κ3) is 78.5. The quantitative estimate of drug-likeness (QED) is 0.548. The van der Waals surface area contributed by atoms with Crippen LogP contribution in [0.2, 0.25) is 0 Å². The highest BCUT2D eigenvalue weighted by atomic mass is 35.5. The molecule has 0 N–H and O–H groups in total. The van der Waals surface area contributed by atoms with Crippen molar-refractivity contribution in [2.24, 2.45) is 0 Å². The molecule has 0 aliphatic rings. The van der Waals surface area contributed by atoms with E-state index in [0.717, 1.165) is 0 Å². The molecule has 4 heteroatoms. The van der Waals surface area contributed by atoms with Gasteiger partial charge in [-0.1, -0.05) is 53.0 Å². The largest absolute Gasteiger partial charge is 0.0992 e.